The van der Waals surface area contributed by atoms with Crippen LogP contribution in [0.5, 0.6) is 23.0 Å². The van der Waals surface area contributed by atoms with Gasteiger partial charge in [-0.05, 0) is 47.5 Å². The molecule has 0 spiro atoms. The van der Waals surface area contributed by atoms with Crippen molar-refractivity contribution >= 4 is 0 Å². The molecule has 1 fully saturated rings. The summed E-state index contributed by atoms with van der Waals surface area (Å²) in [4.78, 5) is 4.91. The molecule has 5 rings (SSSR count). The summed E-state index contributed by atoms with van der Waals surface area (Å²) in [5.74, 6) is 2.73. The maximum atomic E-state index is 14.0. The molecule has 0 radical (unpaired) electrons. The number of para-hydroxylation sites is 2. The zero-order valence-electron chi connectivity index (χ0n) is 20.0. The first-order valence-corrected chi connectivity index (χ1v) is 12.1. The van der Waals surface area contributed by atoms with E-state index in [2.05, 4.69) is 21.9 Å². The Morgan fingerprint density at radius 1 is 0.857 bits per heavy atom. The highest BCUT2D eigenvalue weighted by Gasteiger charge is 2.22. The number of benzene rings is 3. The number of hydrogen-bond acceptors (Lipinski definition) is 6. The smallest absolute Gasteiger partial charge is 0.231 e. The van der Waals surface area contributed by atoms with Crippen molar-refractivity contribution in [2.45, 2.75) is 19.1 Å². The van der Waals surface area contributed by atoms with Gasteiger partial charge in [-0.15, -0.1) is 0 Å². The maximum absolute atomic E-state index is 14.0. The molecule has 2 aliphatic heterocycles. The van der Waals surface area contributed by atoms with E-state index in [1.54, 1.807) is 19.2 Å². The van der Waals surface area contributed by atoms with Crippen LogP contribution in [0.25, 0.3) is 0 Å². The summed E-state index contributed by atoms with van der Waals surface area (Å²) in [6.45, 7) is 6.01. The van der Waals surface area contributed by atoms with Gasteiger partial charge in [-0.25, -0.2) is 4.39 Å². The first kappa shape index (κ1) is 23.5. The number of methoxy groups -OCH3 is 1. The van der Waals surface area contributed by atoms with E-state index in [0.717, 1.165) is 62.8 Å². The minimum Gasteiger partial charge on any atom is -0.493 e. The highest BCUT2D eigenvalue weighted by atomic mass is 19.1. The molecular weight excluding hydrogens is 447 g/mol. The number of fused-ring (bicyclic) bond motifs is 1. The Kier molecular flexibility index (Phi) is 7.35. The van der Waals surface area contributed by atoms with E-state index in [-0.39, 0.29) is 11.9 Å². The lowest BCUT2D eigenvalue weighted by Gasteiger charge is -2.35. The van der Waals surface area contributed by atoms with Crippen molar-refractivity contribution in [3.63, 3.8) is 0 Å². The lowest BCUT2D eigenvalue weighted by molar-refractivity contribution is 0.105. The van der Waals surface area contributed by atoms with Gasteiger partial charge in [0.2, 0.25) is 6.79 Å². The van der Waals surface area contributed by atoms with Crippen molar-refractivity contribution in [3.8, 4) is 23.0 Å². The molecular formula is C28H31FN2O4. The van der Waals surface area contributed by atoms with Crippen molar-refractivity contribution in [1.29, 1.82) is 0 Å². The molecule has 3 aromatic carbocycles. The van der Waals surface area contributed by atoms with Gasteiger partial charge in [-0.1, -0.05) is 30.3 Å². The van der Waals surface area contributed by atoms with Gasteiger partial charge >= 0.3 is 0 Å². The van der Waals surface area contributed by atoms with Crippen LogP contribution in [0.1, 0.15) is 23.7 Å². The summed E-state index contributed by atoms with van der Waals surface area (Å²) < 4.78 is 36.7. The molecule has 0 aromatic heterocycles. The second-order valence-electron chi connectivity index (χ2n) is 8.91. The molecule has 184 valence electrons. The quantitative estimate of drug-likeness (QED) is 0.436. The van der Waals surface area contributed by atoms with E-state index in [1.807, 2.05) is 36.4 Å². The van der Waals surface area contributed by atoms with E-state index in [1.165, 1.54) is 11.6 Å². The summed E-state index contributed by atoms with van der Waals surface area (Å²) in [6.07, 6.45) is 0.484. The second kappa shape index (κ2) is 11.0. The van der Waals surface area contributed by atoms with Crippen molar-refractivity contribution < 1.29 is 23.3 Å². The van der Waals surface area contributed by atoms with Gasteiger partial charge in [0.1, 0.15) is 11.9 Å². The molecule has 0 saturated carbocycles. The molecule has 0 aliphatic carbocycles. The summed E-state index contributed by atoms with van der Waals surface area (Å²) in [7, 11) is 1.63. The molecule has 6 nitrogen and oxygen atoms in total. The Balaban J connectivity index is 1.18. The van der Waals surface area contributed by atoms with Crippen LogP contribution in [-0.2, 0) is 6.54 Å². The number of halogens is 1. The number of ether oxygens (including phenoxy) is 4. The first-order valence-electron chi connectivity index (χ1n) is 12.1. The van der Waals surface area contributed by atoms with Crippen LogP contribution in [0.15, 0.2) is 66.7 Å². The SMILES string of the molecule is COc1ccccc1OC(CCN1CCN(Cc2ccc3c(c2)OCO3)CC1)c1cccc(F)c1. The van der Waals surface area contributed by atoms with Gasteiger partial charge < -0.3 is 23.8 Å². The molecule has 0 bridgehead atoms. The fraction of sp³-hybridized carbons (Fsp3) is 0.357. The van der Waals surface area contributed by atoms with Gasteiger partial charge in [0, 0.05) is 45.7 Å². The third-order valence-electron chi connectivity index (χ3n) is 6.57. The zero-order chi connectivity index (χ0) is 24.0. The van der Waals surface area contributed by atoms with Gasteiger partial charge in [-0.3, -0.25) is 4.90 Å². The second-order valence-corrected chi connectivity index (χ2v) is 8.91. The van der Waals surface area contributed by atoms with E-state index in [9.17, 15) is 4.39 Å². The van der Waals surface area contributed by atoms with Crippen molar-refractivity contribution in [2.24, 2.45) is 0 Å². The topological polar surface area (TPSA) is 43.4 Å². The average Bonchev–Trinajstić information content (AvgIpc) is 3.35. The fourth-order valence-electron chi connectivity index (χ4n) is 4.64. The number of nitrogens with zero attached hydrogens (tertiary/aromatic N) is 2. The summed E-state index contributed by atoms with van der Waals surface area (Å²) in [5.41, 5.74) is 2.07. The van der Waals surface area contributed by atoms with E-state index < -0.39 is 0 Å². The Morgan fingerprint density at radius 2 is 1.63 bits per heavy atom. The Labute approximate surface area is 205 Å². The first-order chi connectivity index (χ1) is 17.2. The largest absolute Gasteiger partial charge is 0.493 e. The lowest BCUT2D eigenvalue weighted by atomic mass is 10.1. The molecule has 3 aromatic rings. The molecule has 2 aliphatic rings. The summed E-state index contributed by atoms with van der Waals surface area (Å²) in [5, 5.41) is 0. The molecule has 2 heterocycles. The van der Waals surface area contributed by atoms with Crippen molar-refractivity contribution in [1.82, 2.24) is 9.80 Å². The van der Waals surface area contributed by atoms with Crippen LogP contribution in [0.3, 0.4) is 0 Å². The summed E-state index contributed by atoms with van der Waals surface area (Å²) >= 11 is 0. The summed E-state index contributed by atoms with van der Waals surface area (Å²) in [6, 6.07) is 20.4. The molecule has 0 N–H and O–H groups in total. The number of piperazine rings is 1. The van der Waals surface area contributed by atoms with Gasteiger partial charge in [-0.2, -0.15) is 0 Å². The molecule has 1 unspecified atom stereocenters. The van der Waals surface area contributed by atoms with Crippen LogP contribution in [-0.4, -0.2) is 56.4 Å². The van der Waals surface area contributed by atoms with Crippen LogP contribution in [0, 0.1) is 5.82 Å². The maximum Gasteiger partial charge on any atom is 0.231 e. The minimum absolute atomic E-state index is 0.256. The fourth-order valence-corrected chi connectivity index (χ4v) is 4.64. The molecule has 7 heteroatoms. The zero-order valence-corrected chi connectivity index (χ0v) is 20.0. The predicted octanol–water partition coefficient (Wildman–Crippen LogP) is 4.89. The van der Waals surface area contributed by atoms with Crippen LogP contribution >= 0.6 is 0 Å². The van der Waals surface area contributed by atoms with Gasteiger partial charge in [0.05, 0.1) is 7.11 Å². The van der Waals surface area contributed by atoms with E-state index in [0.29, 0.717) is 18.3 Å². The van der Waals surface area contributed by atoms with Gasteiger partial charge in [0.25, 0.3) is 0 Å². The molecule has 0 amide bonds. The van der Waals surface area contributed by atoms with Crippen molar-refractivity contribution in [2.75, 3.05) is 46.6 Å². The van der Waals surface area contributed by atoms with Crippen LogP contribution in [0.4, 0.5) is 4.39 Å². The Morgan fingerprint density at radius 3 is 2.43 bits per heavy atom. The minimum atomic E-state index is -0.270. The predicted molar refractivity (Wildman–Crippen MR) is 132 cm³/mol. The molecule has 1 atom stereocenters. The number of hydrogen-bond donors (Lipinski definition) is 0. The monoisotopic (exact) mass is 478 g/mol. The van der Waals surface area contributed by atoms with E-state index >= 15 is 0 Å². The molecule has 1 saturated heterocycles. The van der Waals surface area contributed by atoms with Crippen molar-refractivity contribution in [3.05, 3.63) is 83.7 Å². The highest BCUT2D eigenvalue weighted by molar-refractivity contribution is 5.44. The normalized spacial score (nSPS) is 16.7. The lowest BCUT2D eigenvalue weighted by Crippen LogP contribution is -2.46. The Hall–Kier alpha value is -3.29. The molecule has 35 heavy (non-hydrogen) atoms. The Bertz CT molecular complexity index is 1130. The van der Waals surface area contributed by atoms with E-state index in [4.69, 9.17) is 18.9 Å². The van der Waals surface area contributed by atoms with Crippen LogP contribution in [0.2, 0.25) is 0 Å². The highest BCUT2D eigenvalue weighted by Crippen LogP contribution is 2.34. The number of rotatable bonds is 9. The third kappa shape index (κ3) is 5.86. The van der Waals surface area contributed by atoms with Crippen LogP contribution < -0.4 is 18.9 Å². The third-order valence-corrected chi connectivity index (χ3v) is 6.57. The standard InChI is InChI=1S/C28H31FN2O4/c1-32-25-7-2-3-8-27(25)35-24(22-5-4-6-23(29)18-22)11-12-30-13-15-31(16-14-30)19-21-9-10-26-28(17-21)34-20-33-26/h2-10,17-18,24H,11-16,19-20H2,1H3. The van der Waals surface area contributed by atoms with Gasteiger partial charge in [0.15, 0.2) is 23.0 Å². The average molecular weight is 479 g/mol.